The van der Waals surface area contributed by atoms with Crippen molar-refractivity contribution in [2.45, 2.75) is 13.5 Å². The van der Waals surface area contributed by atoms with E-state index in [2.05, 4.69) is 10.6 Å². The molecule has 9 nitrogen and oxygen atoms in total. The van der Waals surface area contributed by atoms with Crippen LogP contribution < -0.4 is 10.6 Å². The Morgan fingerprint density at radius 2 is 1.50 bits per heavy atom. The molecule has 9 heteroatoms. The highest BCUT2D eigenvalue weighted by Gasteiger charge is 2.39. The second kappa shape index (κ2) is 9.37. The van der Waals surface area contributed by atoms with Gasteiger partial charge in [-0.2, -0.15) is 0 Å². The summed E-state index contributed by atoms with van der Waals surface area (Å²) in [5, 5.41) is 16.7. The summed E-state index contributed by atoms with van der Waals surface area (Å²) < 4.78 is 0. The van der Waals surface area contributed by atoms with Crippen LogP contribution in [0.15, 0.2) is 84.6 Å². The molecule has 1 aliphatic rings. The van der Waals surface area contributed by atoms with Gasteiger partial charge < -0.3 is 10.6 Å². The first-order valence-electron chi connectivity index (χ1n) is 10.4. The van der Waals surface area contributed by atoms with Crippen molar-refractivity contribution < 1.29 is 19.3 Å². The van der Waals surface area contributed by atoms with E-state index in [1.165, 1.54) is 31.2 Å². The molecule has 0 spiro atoms. The van der Waals surface area contributed by atoms with E-state index < -0.39 is 16.7 Å². The number of rotatable bonds is 7. The number of nitro benzene ring substituents is 1. The highest BCUT2D eigenvalue weighted by atomic mass is 16.6. The number of carbonyl (C=O) groups excluding carboxylic acids is 3. The third kappa shape index (κ3) is 4.68. The van der Waals surface area contributed by atoms with Crippen molar-refractivity contribution >= 4 is 40.4 Å². The van der Waals surface area contributed by atoms with Crippen molar-refractivity contribution in [2.75, 3.05) is 10.6 Å². The van der Waals surface area contributed by atoms with E-state index in [0.29, 0.717) is 16.9 Å². The zero-order valence-electron chi connectivity index (χ0n) is 18.1. The zero-order chi connectivity index (χ0) is 24.2. The van der Waals surface area contributed by atoms with Gasteiger partial charge in [0.25, 0.3) is 17.5 Å². The van der Waals surface area contributed by atoms with Crippen molar-refractivity contribution in [3.8, 4) is 0 Å². The minimum absolute atomic E-state index is 0.0714. The molecule has 34 heavy (non-hydrogen) atoms. The lowest BCUT2D eigenvalue weighted by atomic mass is 10.0. The minimum atomic E-state index is -0.530. The van der Waals surface area contributed by atoms with Crippen molar-refractivity contribution in [2.24, 2.45) is 0 Å². The number of nitrogens with one attached hydrogen (secondary N) is 2. The lowest BCUT2D eigenvalue weighted by molar-refractivity contribution is -0.384. The van der Waals surface area contributed by atoms with Gasteiger partial charge in [-0.25, -0.2) is 0 Å². The predicted octanol–water partition coefficient (Wildman–Crippen LogP) is 3.95. The molecule has 3 aromatic carbocycles. The number of anilines is 2. The first-order valence-corrected chi connectivity index (χ1v) is 10.4. The van der Waals surface area contributed by atoms with Gasteiger partial charge in [-0.05, 0) is 47.5 Å². The molecule has 0 saturated heterocycles. The summed E-state index contributed by atoms with van der Waals surface area (Å²) in [6.45, 7) is 1.49. The standard InChI is InChI=1S/C25H20N4O5/c1-16(30)26-19-9-11-20(12-10-19)27-23-22(18-7-13-21(14-8-18)29(33)34)24(31)28(25(23)32)15-17-5-3-2-4-6-17/h2-14,27H,15H2,1H3,(H,26,30). The first kappa shape index (κ1) is 22.4. The fourth-order valence-electron chi connectivity index (χ4n) is 3.60. The van der Waals surface area contributed by atoms with Crippen LogP contribution in [0.3, 0.4) is 0 Å². The van der Waals surface area contributed by atoms with Crippen molar-refractivity contribution in [3.63, 3.8) is 0 Å². The van der Waals surface area contributed by atoms with Crippen molar-refractivity contribution in [1.82, 2.24) is 4.90 Å². The Bertz CT molecular complexity index is 1300. The third-order valence-corrected chi connectivity index (χ3v) is 5.19. The molecule has 1 heterocycles. The Labute approximate surface area is 194 Å². The number of nitrogens with zero attached hydrogens (tertiary/aromatic N) is 2. The van der Waals surface area contributed by atoms with Crippen LogP contribution in [0.5, 0.6) is 0 Å². The summed E-state index contributed by atoms with van der Waals surface area (Å²) in [6.07, 6.45) is 0. The molecule has 0 radical (unpaired) electrons. The Hall–Kier alpha value is -4.79. The number of benzene rings is 3. The molecule has 0 atom stereocenters. The van der Waals surface area contributed by atoms with E-state index in [1.807, 2.05) is 30.3 Å². The van der Waals surface area contributed by atoms with Gasteiger partial charge in [0, 0.05) is 30.4 Å². The maximum absolute atomic E-state index is 13.3. The van der Waals surface area contributed by atoms with E-state index >= 15 is 0 Å². The van der Waals surface area contributed by atoms with Crippen LogP contribution in [-0.4, -0.2) is 27.5 Å². The number of nitro groups is 1. The van der Waals surface area contributed by atoms with E-state index in [9.17, 15) is 24.5 Å². The van der Waals surface area contributed by atoms with Gasteiger partial charge in [-0.3, -0.25) is 29.4 Å². The summed E-state index contributed by atoms with van der Waals surface area (Å²) in [4.78, 5) is 49.5. The Morgan fingerprint density at radius 1 is 0.882 bits per heavy atom. The molecule has 0 saturated carbocycles. The molecule has 3 amide bonds. The van der Waals surface area contributed by atoms with Crippen molar-refractivity contribution in [1.29, 1.82) is 0 Å². The highest BCUT2D eigenvalue weighted by Crippen LogP contribution is 2.32. The number of hydrogen-bond acceptors (Lipinski definition) is 6. The maximum Gasteiger partial charge on any atom is 0.278 e. The number of non-ortho nitro benzene ring substituents is 1. The lowest BCUT2D eigenvalue weighted by Crippen LogP contribution is -2.31. The fourth-order valence-corrected chi connectivity index (χ4v) is 3.60. The van der Waals surface area contributed by atoms with Crippen LogP contribution in [0.4, 0.5) is 17.1 Å². The minimum Gasteiger partial charge on any atom is -0.350 e. The van der Waals surface area contributed by atoms with E-state index in [4.69, 9.17) is 0 Å². The fraction of sp³-hybridized carbons (Fsp3) is 0.0800. The van der Waals surface area contributed by atoms with Gasteiger partial charge >= 0.3 is 0 Å². The maximum atomic E-state index is 13.3. The highest BCUT2D eigenvalue weighted by molar-refractivity contribution is 6.36. The average molecular weight is 456 g/mol. The van der Waals surface area contributed by atoms with Crippen LogP contribution in [0.25, 0.3) is 5.57 Å². The number of amides is 3. The second-order valence-electron chi connectivity index (χ2n) is 7.62. The van der Waals surface area contributed by atoms with Gasteiger partial charge in [0.2, 0.25) is 5.91 Å². The zero-order valence-corrected chi connectivity index (χ0v) is 18.1. The Kier molecular flexibility index (Phi) is 6.18. The van der Waals surface area contributed by atoms with E-state index in [1.54, 1.807) is 24.3 Å². The third-order valence-electron chi connectivity index (χ3n) is 5.19. The summed E-state index contributed by atoms with van der Waals surface area (Å²) >= 11 is 0. The van der Waals surface area contributed by atoms with E-state index in [-0.39, 0.29) is 29.4 Å². The summed E-state index contributed by atoms with van der Waals surface area (Å²) in [5.74, 6) is -1.22. The molecule has 2 N–H and O–H groups in total. The number of hydrogen-bond donors (Lipinski definition) is 2. The number of imide groups is 1. The average Bonchev–Trinajstić information content (AvgIpc) is 3.05. The first-order chi connectivity index (χ1) is 16.3. The van der Waals surface area contributed by atoms with Crippen LogP contribution in [0, 0.1) is 10.1 Å². The van der Waals surface area contributed by atoms with Crippen molar-refractivity contribution in [3.05, 3.63) is 106 Å². The summed E-state index contributed by atoms with van der Waals surface area (Å²) in [7, 11) is 0. The molecule has 0 unspecified atom stereocenters. The van der Waals surface area contributed by atoms with Gasteiger partial charge in [-0.15, -0.1) is 0 Å². The SMILES string of the molecule is CC(=O)Nc1ccc(NC2=C(c3ccc([N+](=O)[O-])cc3)C(=O)N(Cc3ccccc3)C2=O)cc1. The monoisotopic (exact) mass is 456 g/mol. The molecule has 4 rings (SSSR count). The van der Waals surface area contributed by atoms with Crippen LogP contribution >= 0.6 is 0 Å². The smallest absolute Gasteiger partial charge is 0.278 e. The molecule has 1 aliphatic heterocycles. The summed E-state index contributed by atoms with van der Waals surface area (Å²) in [5.41, 5.74) is 2.37. The van der Waals surface area contributed by atoms with Gasteiger partial charge in [0.1, 0.15) is 5.70 Å². The molecule has 170 valence electrons. The molecular weight excluding hydrogens is 436 g/mol. The Balaban J connectivity index is 1.70. The molecule has 0 bridgehead atoms. The van der Waals surface area contributed by atoms with Gasteiger partial charge in [-0.1, -0.05) is 30.3 Å². The van der Waals surface area contributed by atoms with Gasteiger partial charge in [0.05, 0.1) is 17.0 Å². The summed E-state index contributed by atoms with van der Waals surface area (Å²) in [6, 6.07) is 21.3. The van der Waals surface area contributed by atoms with Crippen LogP contribution in [-0.2, 0) is 20.9 Å². The predicted molar refractivity (Wildman–Crippen MR) is 126 cm³/mol. The molecule has 0 fully saturated rings. The molecule has 0 aromatic heterocycles. The quantitative estimate of drug-likeness (QED) is 0.315. The Morgan fingerprint density at radius 3 is 2.09 bits per heavy atom. The molecule has 0 aliphatic carbocycles. The lowest BCUT2D eigenvalue weighted by Gasteiger charge is -2.15. The number of carbonyl (C=O) groups is 3. The van der Waals surface area contributed by atoms with Crippen LogP contribution in [0.1, 0.15) is 18.1 Å². The second-order valence-corrected chi connectivity index (χ2v) is 7.62. The molecule has 3 aromatic rings. The van der Waals surface area contributed by atoms with Crippen LogP contribution in [0.2, 0.25) is 0 Å². The van der Waals surface area contributed by atoms with E-state index in [0.717, 1.165) is 10.5 Å². The normalized spacial score (nSPS) is 13.3. The topological polar surface area (TPSA) is 122 Å². The largest absolute Gasteiger partial charge is 0.350 e. The molecular formula is C25H20N4O5. The van der Waals surface area contributed by atoms with Gasteiger partial charge in [0.15, 0.2) is 0 Å².